The van der Waals surface area contributed by atoms with E-state index in [-0.39, 0.29) is 17.0 Å². The van der Waals surface area contributed by atoms with Crippen LogP contribution in [0.1, 0.15) is 15.9 Å². The number of rotatable bonds is 4. The molecule has 0 unspecified atom stereocenters. The minimum absolute atomic E-state index is 0.107. The highest BCUT2D eigenvalue weighted by atomic mass is 19.1. The zero-order chi connectivity index (χ0) is 21.1. The molecular formula is C24H14F2N2O2. The minimum atomic E-state index is -1.01. The van der Waals surface area contributed by atoms with E-state index >= 15 is 0 Å². The molecular weight excluding hydrogens is 386 g/mol. The Morgan fingerprint density at radius 1 is 0.900 bits per heavy atom. The van der Waals surface area contributed by atoms with Crippen LogP contribution in [0.4, 0.5) is 14.7 Å². The van der Waals surface area contributed by atoms with E-state index in [0.29, 0.717) is 23.0 Å². The summed E-state index contributed by atoms with van der Waals surface area (Å²) < 4.78 is 33.0. The van der Waals surface area contributed by atoms with Crippen molar-refractivity contribution in [2.24, 2.45) is 0 Å². The normalized spacial score (nSPS) is 10.4. The molecule has 1 amide bonds. The topological polar surface area (TPSA) is 66.0 Å². The fraction of sp³-hybridized carbons (Fsp3) is 0. The monoisotopic (exact) mass is 400 g/mol. The van der Waals surface area contributed by atoms with E-state index in [1.54, 1.807) is 0 Å². The molecule has 6 heteroatoms. The second kappa shape index (κ2) is 8.02. The van der Waals surface area contributed by atoms with Gasteiger partial charge >= 0.3 is 0 Å². The second-order valence-corrected chi connectivity index (χ2v) is 6.43. The maximum atomic E-state index is 14.0. The standard InChI is InChI=1S/C24H14F2N2O2/c25-17-11-12-18(20(26)13-17)23(29)28-24-19(14-27)21(15-7-3-1-4-8-15)22(30-24)16-9-5-2-6-10-16/h1-13H,(H,28,29). The number of nitriles is 1. The van der Waals surface area contributed by atoms with Gasteiger partial charge in [-0.1, -0.05) is 60.7 Å². The number of furan rings is 1. The highest BCUT2D eigenvalue weighted by Gasteiger charge is 2.25. The van der Waals surface area contributed by atoms with E-state index in [1.807, 2.05) is 60.7 Å². The fourth-order valence-corrected chi connectivity index (χ4v) is 3.14. The molecule has 0 saturated heterocycles. The van der Waals surface area contributed by atoms with E-state index in [1.165, 1.54) is 0 Å². The predicted molar refractivity (Wildman–Crippen MR) is 109 cm³/mol. The molecule has 0 radical (unpaired) electrons. The van der Waals surface area contributed by atoms with Crippen LogP contribution in [0.3, 0.4) is 0 Å². The van der Waals surface area contributed by atoms with Gasteiger partial charge in [0.15, 0.2) is 0 Å². The Morgan fingerprint density at radius 2 is 1.53 bits per heavy atom. The van der Waals surface area contributed by atoms with Crippen molar-refractivity contribution in [1.29, 1.82) is 5.26 Å². The summed E-state index contributed by atoms with van der Waals surface area (Å²) in [7, 11) is 0. The third-order valence-corrected chi connectivity index (χ3v) is 4.52. The Bertz CT molecular complexity index is 1260. The Kier molecular flexibility index (Phi) is 5.10. The van der Waals surface area contributed by atoms with Crippen LogP contribution in [0.2, 0.25) is 0 Å². The molecule has 4 rings (SSSR count). The zero-order valence-electron chi connectivity index (χ0n) is 15.5. The Hall–Kier alpha value is -4.24. The number of carbonyl (C=O) groups excluding carboxylic acids is 1. The van der Waals surface area contributed by atoms with Gasteiger partial charge in [-0.3, -0.25) is 10.1 Å². The molecule has 0 bridgehead atoms. The summed E-state index contributed by atoms with van der Waals surface area (Å²) in [6.45, 7) is 0. The molecule has 0 spiro atoms. The lowest BCUT2D eigenvalue weighted by Gasteiger charge is -2.04. The molecule has 1 aromatic heterocycles. The van der Waals surface area contributed by atoms with Gasteiger partial charge < -0.3 is 4.42 Å². The number of nitrogens with zero attached hydrogens (tertiary/aromatic N) is 1. The second-order valence-electron chi connectivity index (χ2n) is 6.43. The quantitative estimate of drug-likeness (QED) is 0.456. The van der Waals surface area contributed by atoms with Gasteiger partial charge in [-0.15, -0.1) is 0 Å². The van der Waals surface area contributed by atoms with Crippen LogP contribution < -0.4 is 5.32 Å². The van der Waals surface area contributed by atoms with Crippen molar-refractivity contribution in [3.8, 4) is 28.5 Å². The highest BCUT2D eigenvalue weighted by molar-refractivity contribution is 6.05. The Labute approximate surface area is 171 Å². The van der Waals surface area contributed by atoms with Gasteiger partial charge in [0.05, 0.1) is 5.56 Å². The van der Waals surface area contributed by atoms with E-state index in [2.05, 4.69) is 11.4 Å². The van der Waals surface area contributed by atoms with Crippen LogP contribution in [0.15, 0.2) is 83.3 Å². The molecule has 1 N–H and O–H groups in total. The number of nitrogens with one attached hydrogen (secondary N) is 1. The summed E-state index contributed by atoms with van der Waals surface area (Å²) in [4.78, 5) is 12.6. The molecule has 3 aromatic carbocycles. The number of anilines is 1. The van der Waals surface area contributed by atoms with Crippen molar-refractivity contribution in [3.05, 3.63) is 102 Å². The molecule has 0 aliphatic rings. The first-order valence-electron chi connectivity index (χ1n) is 9.02. The van der Waals surface area contributed by atoms with Crippen molar-refractivity contribution in [3.63, 3.8) is 0 Å². The number of amides is 1. The molecule has 1 heterocycles. The van der Waals surface area contributed by atoms with Crippen molar-refractivity contribution in [2.45, 2.75) is 0 Å². The summed E-state index contributed by atoms with van der Waals surface area (Å²) in [5, 5.41) is 12.3. The lowest BCUT2D eigenvalue weighted by atomic mass is 9.98. The zero-order valence-corrected chi connectivity index (χ0v) is 15.5. The van der Waals surface area contributed by atoms with Crippen molar-refractivity contribution < 1.29 is 18.0 Å². The average Bonchev–Trinajstić information content (AvgIpc) is 3.13. The molecule has 30 heavy (non-hydrogen) atoms. The van der Waals surface area contributed by atoms with Crippen molar-refractivity contribution >= 4 is 11.8 Å². The first-order chi connectivity index (χ1) is 14.6. The molecule has 0 saturated carbocycles. The minimum Gasteiger partial charge on any atom is -0.438 e. The Morgan fingerprint density at radius 3 is 2.13 bits per heavy atom. The molecule has 0 aliphatic carbocycles. The highest BCUT2D eigenvalue weighted by Crippen LogP contribution is 2.41. The number of carbonyl (C=O) groups is 1. The number of hydrogen-bond donors (Lipinski definition) is 1. The smallest absolute Gasteiger partial charge is 0.260 e. The lowest BCUT2D eigenvalue weighted by Crippen LogP contribution is -2.14. The van der Waals surface area contributed by atoms with Crippen LogP contribution >= 0.6 is 0 Å². The molecule has 4 nitrogen and oxygen atoms in total. The molecule has 0 aliphatic heterocycles. The first-order valence-corrected chi connectivity index (χ1v) is 9.02. The molecule has 4 aromatic rings. The lowest BCUT2D eigenvalue weighted by molar-refractivity contribution is 0.102. The van der Waals surface area contributed by atoms with Gasteiger partial charge in [-0.25, -0.2) is 8.78 Å². The maximum absolute atomic E-state index is 14.0. The first kappa shape index (κ1) is 19.1. The van der Waals surface area contributed by atoms with Gasteiger partial charge in [-0.2, -0.15) is 5.26 Å². The van der Waals surface area contributed by atoms with Crippen LogP contribution in [-0.4, -0.2) is 5.91 Å². The molecule has 0 fully saturated rings. The summed E-state index contributed by atoms with van der Waals surface area (Å²) >= 11 is 0. The van der Waals surface area contributed by atoms with Crippen molar-refractivity contribution in [2.75, 3.05) is 5.32 Å². The largest absolute Gasteiger partial charge is 0.438 e. The summed E-state index contributed by atoms with van der Waals surface area (Å²) in [5.41, 5.74) is 1.70. The van der Waals surface area contributed by atoms with Gasteiger partial charge in [-0.05, 0) is 17.7 Å². The van der Waals surface area contributed by atoms with E-state index in [0.717, 1.165) is 17.7 Å². The van der Waals surface area contributed by atoms with E-state index in [9.17, 15) is 18.8 Å². The number of halogens is 2. The van der Waals surface area contributed by atoms with E-state index in [4.69, 9.17) is 4.42 Å². The average molecular weight is 400 g/mol. The Balaban J connectivity index is 1.84. The van der Waals surface area contributed by atoms with Crippen LogP contribution in [0, 0.1) is 23.0 Å². The number of hydrogen-bond acceptors (Lipinski definition) is 3. The van der Waals surface area contributed by atoms with E-state index < -0.39 is 17.5 Å². The van der Waals surface area contributed by atoms with Crippen molar-refractivity contribution in [1.82, 2.24) is 0 Å². The van der Waals surface area contributed by atoms with Crippen LogP contribution in [0.5, 0.6) is 0 Å². The van der Waals surface area contributed by atoms with Gasteiger partial charge in [0.2, 0.25) is 5.88 Å². The summed E-state index contributed by atoms with van der Waals surface area (Å²) in [5.74, 6) is -2.37. The predicted octanol–water partition coefficient (Wildman–Crippen LogP) is 6.02. The van der Waals surface area contributed by atoms with Gasteiger partial charge in [0.25, 0.3) is 5.91 Å². The number of benzene rings is 3. The van der Waals surface area contributed by atoms with Gasteiger partial charge in [0.1, 0.15) is 29.0 Å². The fourth-order valence-electron chi connectivity index (χ4n) is 3.14. The van der Waals surface area contributed by atoms with Crippen LogP contribution in [-0.2, 0) is 0 Å². The third kappa shape index (κ3) is 3.56. The molecule has 0 atom stereocenters. The van der Waals surface area contributed by atoms with Gasteiger partial charge in [0, 0.05) is 17.2 Å². The SMILES string of the molecule is N#Cc1c(NC(=O)c2ccc(F)cc2F)oc(-c2ccccc2)c1-c1ccccc1. The molecule has 146 valence electrons. The maximum Gasteiger partial charge on any atom is 0.260 e. The third-order valence-electron chi connectivity index (χ3n) is 4.52. The van der Waals surface area contributed by atoms with Crippen LogP contribution in [0.25, 0.3) is 22.5 Å². The summed E-state index contributed by atoms with van der Waals surface area (Å²) in [6, 6.07) is 23.0. The summed E-state index contributed by atoms with van der Waals surface area (Å²) in [6.07, 6.45) is 0.